The van der Waals surface area contributed by atoms with Gasteiger partial charge in [-0.25, -0.2) is 4.98 Å². The largest absolute Gasteiger partial charge is 0.433 e. The Morgan fingerprint density at radius 2 is 2.07 bits per heavy atom. The molecular formula is C8H7F3N2O. The maximum absolute atomic E-state index is 12.2. The van der Waals surface area contributed by atoms with Crippen LogP contribution in [0.5, 0.6) is 0 Å². The molecule has 0 saturated carbocycles. The van der Waals surface area contributed by atoms with Crippen LogP contribution < -0.4 is 0 Å². The molecule has 1 heterocycles. The Morgan fingerprint density at radius 1 is 1.43 bits per heavy atom. The van der Waals surface area contributed by atoms with Gasteiger partial charge in [-0.05, 0) is 24.6 Å². The molecule has 0 amide bonds. The molecule has 14 heavy (non-hydrogen) atoms. The van der Waals surface area contributed by atoms with Crippen LogP contribution in [-0.4, -0.2) is 16.4 Å². The fourth-order valence-corrected chi connectivity index (χ4v) is 0.965. The first-order chi connectivity index (χ1) is 6.43. The SMILES string of the molecule is Cc1cc(C=NO)nc(C(F)(F)F)c1. The van der Waals surface area contributed by atoms with E-state index in [-0.39, 0.29) is 5.69 Å². The molecule has 0 unspecified atom stereocenters. The highest BCUT2D eigenvalue weighted by atomic mass is 19.4. The van der Waals surface area contributed by atoms with Crippen molar-refractivity contribution in [2.75, 3.05) is 0 Å². The Labute approximate surface area is 77.9 Å². The van der Waals surface area contributed by atoms with Crippen molar-refractivity contribution in [3.05, 3.63) is 29.1 Å². The van der Waals surface area contributed by atoms with Gasteiger partial charge < -0.3 is 5.21 Å². The fraction of sp³-hybridized carbons (Fsp3) is 0.250. The molecule has 0 aliphatic heterocycles. The van der Waals surface area contributed by atoms with Gasteiger partial charge in [0.25, 0.3) is 0 Å². The summed E-state index contributed by atoms with van der Waals surface area (Å²) in [5, 5.41) is 10.8. The van der Waals surface area contributed by atoms with Crippen molar-refractivity contribution < 1.29 is 18.4 Å². The average molecular weight is 204 g/mol. The van der Waals surface area contributed by atoms with E-state index in [1.54, 1.807) is 0 Å². The van der Waals surface area contributed by atoms with Crippen LogP contribution in [0.1, 0.15) is 17.0 Å². The lowest BCUT2D eigenvalue weighted by Crippen LogP contribution is -2.09. The first-order valence-electron chi connectivity index (χ1n) is 3.67. The van der Waals surface area contributed by atoms with Crippen LogP contribution in [0.15, 0.2) is 17.3 Å². The summed E-state index contributed by atoms with van der Waals surface area (Å²) in [5.41, 5.74) is -0.616. The highest BCUT2D eigenvalue weighted by molar-refractivity contribution is 5.76. The van der Waals surface area contributed by atoms with Crippen LogP contribution in [0, 0.1) is 6.92 Å². The molecular weight excluding hydrogens is 197 g/mol. The monoisotopic (exact) mass is 204 g/mol. The Balaban J connectivity index is 3.20. The number of halogens is 3. The predicted molar refractivity (Wildman–Crippen MR) is 43.4 cm³/mol. The second kappa shape index (κ2) is 3.65. The predicted octanol–water partition coefficient (Wildman–Crippen LogP) is 2.22. The van der Waals surface area contributed by atoms with Crippen molar-refractivity contribution in [3.8, 4) is 0 Å². The Kier molecular flexibility index (Phi) is 2.73. The number of hydrogen-bond acceptors (Lipinski definition) is 3. The Bertz CT molecular complexity index is 360. The van der Waals surface area contributed by atoms with Crippen molar-refractivity contribution >= 4 is 6.21 Å². The maximum atomic E-state index is 12.2. The van der Waals surface area contributed by atoms with Crippen LogP contribution in [0.25, 0.3) is 0 Å². The zero-order chi connectivity index (χ0) is 10.8. The van der Waals surface area contributed by atoms with Gasteiger partial charge in [-0.3, -0.25) is 0 Å². The number of oxime groups is 1. The summed E-state index contributed by atoms with van der Waals surface area (Å²) >= 11 is 0. The lowest BCUT2D eigenvalue weighted by Gasteiger charge is -2.06. The van der Waals surface area contributed by atoms with Crippen molar-refractivity contribution in [1.82, 2.24) is 4.98 Å². The normalized spacial score (nSPS) is 12.3. The molecule has 1 rings (SSSR count). The highest BCUT2D eigenvalue weighted by Gasteiger charge is 2.32. The molecule has 1 aromatic rings. The summed E-state index contributed by atoms with van der Waals surface area (Å²) in [5.74, 6) is 0. The van der Waals surface area contributed by atoms with E-state index >= 15 is 0 Å². The van der Waals surface area contributed by atoms with Gasteiger partial charge in [0, 0.05) is 0 Å². The van der Waals surface area contributed by atoms with E-state index in [2.05, 4.69) is 10.1 Å². The number of rotatable bonds is 1. The number of hydrogen-bond donors (Lipinski definition) is 1. The zero-order valence-electron chi connectivity index (χ0n) is 7.21. The molecule has 76 valence electrons. The van der Waals surface area contributed by atoms with E-state index in [1.165, 1.54) is 13.0 Å². The first kappa shape index (κ1) is 10.5. The molecule has 0 radical (unpaired) electrons. The summed E-state index contributed by atoms with van der Waals surface area (Å²) in [6, 6.07) is 2.31. The van der Waals surface area contributed by atoms with Gasteiger partial charge in [0.2, 0.25) is 0 Å². The number of aryl methyl sites for hydroxylation is 1. The quantitative estimate of drug-likeness (QED) is 0.433. The van der Waals surface area contributed by atoms with Crippen LogP contribution in [0.4, 0.5) is 13.2 Å². The molecule has 3 nitrogen and oxygen atoms in total. The van der Waals surface area contributed by atoms with E-state index in [1.807, 2.05) is 0 Å². The molecule has 0 fully saturated rings. The average Bonchev–Trinajstić information content (AvgIpc) is 2.02. The standard InChI is InChI=1S/C8H7F3N2O/c1-5-2-6(4-12-14)13-7(3-5)8(9,10)11/h2-4,14H,1H3. The third-order valence-electron chi connectivity index (χ3n) is 1.47. The molecule has 0 aliphatic carbocycles. The maximum Gasteiger partial charge on any atom is 0.433 e. The summed E-state index contributed by atoms with van der Waals surface area (Å²) in [7, 11) is 0. The smallest absolute Gasteiger partial charge is 0.411 e. The molecule has 0 spiro atoms. The van der Waals surface area contributed by atoms with E-state index in [0.29, 0.717) is 5.56 Å². The zero-order valence-corrected chi connectivity index (χ0v) is 7.21. The van der Waals surface area contributed by atoms with Crippen LogP contribution >= 0.6 is 0 Å². The number of alkyl halides is 3. The molecule has 0 aliphatic rings. The lowest BCUT2D eigenvalue weighted by atomic mass is 10.2. The van der Waals surface area contributed by atoms with E-state index in [9.17, 15) is 13.2 Å². The van der Waals surface area contributed by atoms with Gasteiger partial charge >= 0.3 is 6.18 Å². The highest BCUT2D eigenvalue weighted by Crippen LogP contribution is 2.28. The molecule has 0 bridgehead atoms. The summed E-state index contributed by atoms with van der Waals surface area (Å²) in [6.45, 7) is 1.51. The van der Waals surface area contributed by atoms with E-state index in [0.717, 1.165) is 12.3 Å². The second-order valence-corrected chi connectivity index (χ2v) is 2.70. The van der Waals surface area contributed by atoms with Crippen LogP contribution in [0.3, 0.4) is 0 Å². The van der Waals surface area contributed by atoms with Gasteiger partial charge in [0.1, 0.15) is 5.69 Å². The first-order valence-corrected chi connectivity index (χ1v) is 3.67. The summed E-state index contributed by atoms with van der Waals surface area (Å²) < 4.78 is 36.7. The number of nitrogens with zero attached hydrogens (tertiary/aromatic N) is 2. The summed E-state index contributed by atoms with van der Waals surface area (Å²) in [4.78, 5) is 3.26. The minimum absolute atomic E-state index is 0.0279. The minimum Gasteiger partial charge on any atom is -0.411 e. The van der Waals surface area contributed by atoms with Gasteiger partial charge in [-0.15, -0.1) is 0 Å². The van der Waals surface area contributed by atoms with Crippen molar-refractivity contribution in [2.24, 2.45) is 5.16 Å². The van der Waals surface area contributed by atoms with Gasteiger partial charge in [0.05, 0.1) is 11.9 Å². The van der Waals surface area contributed by atoms with Crippen molar-refractivity contribution in [1.29, 1.82) is 0 Å². The van der Waals surface area contributed by atoms with Crippen LogP contribution in [-0.2, 0) is 6.18 Å². The summed E-state index contributed by atoms with van der Waals surface area (Å²) in [6.07, 6.45) is -3.63. The Hall–Kier alpha value is -1.59. The molecule has 1 N–H and O–H groups in total. The van der Waals surface area contributed by atoms with Gasteiger partial charge in [-0.2, -0.15) is 13.2 Å². The van der Waals surface area contributed by atoms with Crippen molar-refractivity contribution in [3.63, 3.8) is 0 Å². The number of aromatic nitrogens is 1. The van der Waals surface area contributed by atoms with Gasteiger partial charge in [0.15, 0.2) is 0 Å². The molecule has 0 saturated heterocycles. The molecule has 0 atom stereocenters. The van der Waals surface area contributed by atoms with E-state index < -0.39 is 11.9 Å². The third-order valence-corrected chi connectivity index (χ3v) is 1.47. The molecule has 6 heteroatoms. The number of pyridine rings is 1. The molecule has 1 aromatic heterocycles. The molecule has 0 aromatic carbocycles. The topological polar surface area (TPSA) is 45.5 Å². The second-order valence-electron chi connectivity index (χ2n) is 2.70. The van der Waals surface area contributed by atoms with E-state index in [4.69, 9.17) is 5.21 Å². The van der Waals surface area contributed by atoms with Gasteiger partial charge in [-0.1, -0.05) is 5.16 Å². The fourth-order valence-electron chi connectivity index (χ4n) is 0.965. The lowest BCUT2D eigenvalue weighted by molar-refractivity contribution is -0.141. The van der Waals surface area contributed by atoms with Crippen LogP contribution in [0.2, 0.25) is 0 Å². The van der Waals surface area contributed by atoms with Crippen molar-refractivity contribution in [2.45, 2.75) is 13.1 Å². The Morgan fingerprint density at radius 3 is 2.57 bits per heavy atom. The minimum atomic E-state index is -4.48. The third kappa shape index (κ3) is 2.45.